The van der Waals surface area contributed by atoms with Gasteiger partial charge < -0.3 is 10.4 Å². The van der Waals surface area contributed by atoms with Gasteiger partial charge in [-0.15, -0.1) is 0 Å². The van der Waals surface area contributed by atoms with Crippen molar-refractivity contribution in [1.29, 1.82) is 0 Å². The smallest absolute Gasteiger partial charge is 0.383 e. The maximum Gasteiger partial charge on any atom is 0.383 e. The summed E-state index contributed by atoms with van der Waals surface area (Å²) in [6, 6.07) is 2.46. The summed E-state index contributed by atoms with van der Waals surface area (Å²) >= 11 is 0. The first kappa shape index (κ1) is 14.9. The van der Waals surface area contributed by atoms with Gasteiger partial charge in [-0.3, -0.25) is 4.79 Å². The number of para-hydroxylation sites is 1. The minimum atomic E-state index is -5.06. The molecule has 2 N–H and O–H groups in total. The summed E-state index contributed by atoms with van der Waals surface area (Å²) in [5.74, 6) is -10.6. The van der Waals surface area contributed by atoms with Crippen molar-refractivity contribution in [2.75, 3.05) is 5.32 Å². The number of hydrogen-bond donors (Lipinski definition) is 2. The number of aromatic carboxylic acids is 1. The van der Waals surface area contributed by atoms with Crippen LogP contribution in [0.3, 0.4) is 0 Å². The molecule has 1 aromatic carbocycles. The van der Waals surface area contributed by atoms with Crippen LogP contribution in [-0.4, -0.2) is 29.3 Å². The molecule has 0 spiro atoms. The van der Waals surface area contributed by atoms with Crippen LogP contribution < -0.4 is 5.32 Å². The second-order valence-corrected chi connectivity index (χ2v) is 3.35. The Morgan fingerprint density at radius 1 is 1.26 bits per heavy atom. The number of amides is 1. The van der Waals surface area contributed by atoms with E-state index in [4.69, 9.17) is 5.11 Å². The van der Waals surface area contributed by atoms with Crippen LogP contribution in [0.5, 0.6) is 0 Å². The Hall–Kier alpha value is -2.19. The van der Waals surface area contributed by atoms with Gasteiger partial charge in [0.15, 0.2) is 0 Å². The van der Waals surface area contributed by atoms with Gasteiger partial charge in [-0.05, 0) is 12.1 Å². The van der Waals surface area contributed by atoms with Crippen LogP contribution in [0.15, 0.2) is 18.2 Å². The summed E-state index contributed by atoms with van der Waals surface area (Å²) in [6.45, 7) is 0. The van der Waals surface area contributed by atoms with E-state index in [9.17, 15) is 31.5 Å². The molecule has 9 heteroatoms. The molecule has 0 saturated heterocycles. The molecule has 1 rings (SSSR count). The van der Waals surface area contributed by atoms with Gasteiger partial charge in [-0.2, -0.15) is 8.78 Å². The van der Waals surface area contributed by atoms with E-state index in [0.717, 1.165) is 17.4 Å². The molecular formula is C10H6F5NO3. The van der Waals surface area contributed by atoms with Crippen LogP contribution in [0.2, 0.25) is 0 Å². The minimum Gasteiger partial charge on any atom is -0.478 e. The molecule has 0 heterocycles. The number of nitrogens with one attached hydrogen (secondary N) is 1. The van der Waals surface area contributed by atoms with Crippen LogP contribution in [0.25, 0.3) is 0 Å². The summed E-state index contributed by atoms with van der Waals surface area (Å²) in [7, 11) is 0. The van der Waals surface area contributed by atoms with Crippen LogP contribution in [-0.2, 0) is 4.79 Å². The number of carboxylic acid groups (broad SMARTS) is 1. The summed E-state index contributed by atoms with van der Waals surface area (Å²) in [5.41, 5.74) is -1.93. The first-order valence-electron chi connectivity index (χ1n) is 4.67. The molecule has 0 saturated carbocycles. The second-order valence-electron chi connectivity index (χ2n) is 3.35. The molecule has 0 bridgehead atoms. The molecule has 0 fully saturated rings. The summed E-state index contributed by atoms with van der Waals surface area (Å²) < 4.78 is 62.4. The van der Waals surface area contributed by atoms with E-state index in [2.05, 4.69) is 0 Å². The van der Waals surface area contributed by atoms with E-state index >= 15 is 0 Å². The molecule has 0 aliphatic rings. The number of halogens is 5. The lowest BCUT2D eigenvalue weighted by Crippen LogP contribution is -2.41. The van der Waals surface area contributed by atoms with Crippen molar-refractivity contribution in [3.63, 3.8) is 0 Å². The van der Waals surface area contributed by atoms with Crippen LogP contribution in [0.4, 0.5) is 27.6 Å². The van der Waals surface area contributed by atoms with Crippen molar-refractivity contribution in [2.45, 2.75) is 12.3 Å². The van der Waals surface area contributed by atoms with Crippen molar-refractivity contribution in [2.24, 2.45) is 0 Å². The zero-order valence-electron chi connectivity index (χ0n) is 8.96. The number of carbonyl (C=O) groups excluding carboxylic acids is 1. The maximum atomic E-state index is 13.2. The molecule has 0 unspecified atom stereocenters. The number of carboxylic acids is 1. The lowest BCUT2D eigenvalue weighted by atomic mass is 10.1. The maximum absolute atomic E-state index is 13.2. The van der Waals surface area contributed by atoms with Crippen LogP contribution in [0, 0.1) is 5.82 Å². The van der Waals surface area contributed by atoms with E-state index < -0.39 is 41.3 Å². The molecule has 4 nitrogen and oxygen atoms in total. The Balaban J connectivity index is 3.13. The molecule has 19 heavy (non-hydrogen) atoms. The summed E-state index contributed by atoms with van der Waals surface area (Å²) in [4.78, 5) is 21.6. The average molecular weight is 283 g/mol. The fourth-order valence-corrected chi connectivity index (χ4v) is 1.13. The Morgan fingerprint density at radius 3 is 2.32 bits per heavy atom. The summed E-state index contributed by atoms with van der Waals surface area (Å²) in [6.07, 6.45) is -4.30. The average Bonchev–Trinajstić information content (AvgIpc) is 2.30. The number of alkyl halides is 4. The minimum absolute atomic E-state index is 0.683. The lowest BCUT2D eigenvalue weighted by molar-refractivity contribution is -0.163. The van der Waals surface area contributed by atoms with Crippen molar-refractivity contribution < 1.29 is 36.6 Å². The van der Waals surface area contributed by atoms with E-state index in [-0.39, 0.29) is 0 Å². The number of rotatable bonds is 4. The Morgan fingerprint density at radius 2 is 1.84 bits per heavy atom. The van der Waals surface area contributed by atoms with Crippen molar-refractivity contribution in [1.82, 2.24) is 0 Å². The van der Waals surface area contributed by atoms with Crippen molar-refractivity contribution >= 4 is 17.6 Å². The Kier molecular flexibility index (Phi) is 4.07. The predicted octanol–water partition coefficient (Wildman–Crippen LogP) is 2.36. The highest BCUT2D eigenvalue weighted by Gasteiger charge is 2.49. The molecule has 0 aliphatic heterocycles. The molecule has 104 valence electrons. The van der Waals surface area contributed by atoms with Crippen LogP contribution >= 0.6 is 0 Å². The molecular weight excluding hydrogens is 277 g/mol. The van der Waals surface area contributed by atoms with Crippen molar-refractivity contribution in [3.05, 3.63) is 29.6 Å². The fourth-order valence-electron chi connectivity index (χ4n) is 1.13. The Bertz CT molecular complexity index is 518. The third-order valence-corrected chi connectivity index (χ3v) is 2.06. The standard InChI is InChI=1S/C10H6F5NO3/c11-5-3-1-2-4(7(17)18)6(5)16-9(19)10(14,15)8(12)13/h1-3,8H,(H,16,19)(H,17,18). The molecule has 0 aliphatic carbocycles. The monoisotopic (exact) mass is 283 g/mol. The van der Waals surface area contributed by atoms with Gasteiger partial charge in [0.25, 0.3) is 0 Å². The third kappa shape index (κ3) is 2.98. The number of hydrogen-bond acceptors (Lipinski definition) is 2. The highest BCUT2D eigenvalue weighted by atomic mass is 19.3. The normalized spacial score (nSPS) is 11.5. The zero-order chi connectivity index (χ0) is 14.8. The molecule has 0 atom stereocenters. The summed E-state index contributed by atoms with van der Waals surface area (Å²) in [5, 5.41) is 9.82. The molecule has 1 amide bonds. The lowest BCUT2D eigenvalue weighted by Gasteiger charge is -2.16. The van der Waals surface area contributed by atoms with Gasteiger partial charge >= 0.3 is 24.2 Å². The SMILES string of the molecule is O=C(O)c1cccc(F)c1NC(=O)C(F)(F)C(F)F. The number of anilines is 1. The van der Waals surface area contributed by atoms with E-state index in [1.807, 2.05) is 0 Å². The van der Waals surface area contributed by atoms with Gasteiger partial charge in [0.2, 0.25) is 0 Å². The van der Waals surface area contributed by atoms with Gasteiger partial charge in [0, 0.05) is 0 Å². The van der Waals surface area contributed by atoms with Gasteiger partial charge in [0.05, 0.1) is 11.3 Å². The molecule has 1 aromatic rings. The highest BCUT2D eigenvalue weighted by molar-refractivity contribution is 6.03. The highest BCUT2D eigenvalue weighted by Crippen LogP contribution is 2.27. The fraction of sp³-hybridized carbons (Fsp3) is 0.200. The molecule has 0 aromatic heterocycles. The predicted molar refractivity (Wildman–Crippen MR) is 52.9 cm³/mol. The van der Waals surface area contributed by atoms with E-state index in [1.165, 1.54) is 0 Å². The molecule has 0 radical (unpaired) electrons. The van der Waals surface area contributed by atoms with Gasteiger partial charge in [0.1, 0.15) is 5.82 Å². The first-order chi connectivity index (χ1) is 8.67. The first-order valence-corrected chi connectivity index (χ1v) is 4.67. The Labute approximate surface area is 102 Å². The van der Waals surface area contributed by atoms with Crippen LogP contribution in [0.1, 0.15) is 10.4 Å². The second kappa shape index (κ2) is 5.21. The topological polar surface area (TPSA) is 66.4 Å². The number of benzene rings is 1. The zero-order valence-corrected chi connectivity index (χ0v) is 8.96. The van der Waals surface area contributed by atoms with E-state index in [0.29, 0.717) is 6.07 Å². The van der Waals surface area contributed by atoms with Gasteiger partial charge in [-0.25, -0.2) is 18.0 Å². The van der Waals surface area contributed by atoms with E-state index in [1.54, 1.807) is 0 Å². The number of carbonyl (C=O) groups is 2. The largest absolute Gasteiger partial charge is 0.478 e. The quantitative estimate of drug-likeness (QED) is 0.834. The third-order valence-electron chi connectivity index (χ3n) is 2.06. The van der Waals surface area contributed by atoms with Crippen molar-refractivity contribution in [3.8, 4) is 0 Å². The van der Waals surface area contributed by atoms with Gasteiger partial charge in [-0.1, -0.05) is 6.07 Å².